The lowest BCUT2D eigenvalue weighted by Gasteiger charge is -2.22. The van der Waals surface area contributed by atoms with Gasteiger partial charge in [0.15, 0.2) is 0 Å². The highest BCUT2D eigenvalue weighted by Crippen LogP contribution is 2.30. The summed E-state index contributed by atoms with van der Waals surface area (Å²) >= 11 is 0. The van der Waals surface area contributed by atoms with Crippen LogP contribution in [0.5, 0.6) is 0 Å². The molecule has 0 aromatic heterocycles. The number of likely N-dealkylation sites (tertiary alicyclic amines) is 1. The number of benzene rings is 2. The van der Waals surface area contributed by atoms with E-state index in [1.54, 1.807) is 23.1 Å². The maximum Gasteiger partial charge on any atom is 0.261 e. The normalized spacial score (nSPS) is 20.3. The van der Waals surface area contributed by atoms with Crippen molar-refractivity contribution in [1.29, 1.82) is 0 Å². The largest absolute Gasteiger partial charge is 0.338 e. The molecule has 0 bridgehead atoms. The highest BCUT2D eigenvalue weighted by atomic mass is 35.5. The molecule has 158 valence electrons. The molecule has 2 heterocycles. The van der Waals surface area contributed by atoms with E-state index >= 15 is 0 Å². The van der Waals surface area contributed by atoms with Gasteiger partial charge in [0.1, 0.15) is 0 Å². The van der Waals surface area contributed by atoms with Crippen molar-refractivity contribution in [1.82, 2.24) is 9.80 Å². The minimum Gasteiger partial charge on any atom is -0.338 e. The average Bonchev–Trinajstić information content (AvgIpc) is 3.26. The number of carbonyl (C=O) groups excluding carboxylic acids is 3. The molecule has 0 aliphatic carbocycles. The molecule has 2 N–H and O–H groups in total. The van der Waals surface area contributed by atoms with Gasteiger partial charge in [-0.15, -0.1) is 12.4 Å². The molecule has 0 spiro atoms. The van der Waals surface area contributed by atoms with E-state index in [1.807, 2.05) is 30.3 Å². The highest BCUT2D eigenvalue weighted by molar-refractivity contribution is 6.22. The van der Waals surface area contributed by atoms with Crippen molar-refractivity contribution in [3.63, 3.8) is 0 Å². The monoisotopic (exact) mass is 427 g/mol. The summed E-state index contributed by atoms with van der Waals surface area (Å²) in [6, 6.07) is 14.6. The summed E-state index contributed by atoms with van der Waals surface area (Å²) in [5, 5.41) is 0. The van der Waals surface area contributed by atoms with Gasteiger partial charge in [0.25, 0.3) is 17.7 Å². The Morgan fingerprint density at radius 3 is 2.43 bits per heavy atom. The summed E-state index contributed by atoms with van der Waals surface area (Å²) in [5.41, 5.74) is 7.96. The molecular weight excluding hydrogens is 402 g/mol. The second-order valence-corrected chi connectivity index (χ2v) is 8.25. The molecule has 1 saturated heterocycles. The zero-order valence-electron chi connectivity index (χ0n) is 17.0. The molecule has 7 heteroatoms. The number of imide groups is 1. The van der Waals surface area contributed by atoms with E-state index in [2.05, 4.69) is 6.92 Å². The fourth-order valence-corrected chi connectivity index (χ4v) is 4.06. The Kier molecular flexibility index (Phi) is 6.29. The van der Waals surface area contributed by atoms with Crippen molar-refractivity contribution in [2.24, 2.45) is 11.1 Å². The molecule has 3 amide bonds. The van der Waals surface area contributed by atoms with Crippen molar-refractivity contribution in [2.45, 2.75) is 19.8 Å². The third-order valence-electron chi connectivity index (χ3n) is 6.02. The average molecular weight is 428 g/mol. The number of hydrogen-bond acceptors (Lipinski definition) is 4. The molecule has 1 unspecified atom stereocenters. The Morgan fingerprint density at radius 2 is 1.77 bits per heavy atom. The first kappa shape index (κ1) is 22.0. The molecule has 0 saturated carbocycles. The van der Waals surface area contributed by atoms with Crippen molar-refractivity contribution in [3.8, 4) is 0 Å². The predicted octanol–water partition coefficient (Wildman–Crippen LogP) is 2.76. The lowest BCUT2D eigenvalue weighted by molar-refractivity contribution is 0.0655. The Morgan fingerprint density at radius 1 is 1.07 bits per heavy atom. The number of amides is 3. The first-order chi connectivity index (χ1) is 13.9. The van der Waals surface area contributed by atoms with E-state index < -0.39 is 0 Å². The van der Waals surface area contributed by atoms with Gasteiger partial charge >= 0.3 is 0 Å². The van der Waals surface area contributed by atoms with Crippen LogP contribution in [0, 0.1) is 5.41 Å². The smallest absolute Gasteiger partial charge is 0.261 e. The topological polar surface area (TPSA) is 83.7 Å². The van der Waals surface area contributed by atoms with E-state index in [0.29, 0.717) is 49.3 Å². The Balaban J connectivity index is 0.00000256. The van der Waals surface area contributed by atoms with Crippen LogP contribution < -0.4 is 5.73 Å². The number of halogens is 1. The van der Waals surface area contributed by atoms with Crippen LogP contribution in [0.2, 0.25) is 0 Å². The molecule has 4 rings (SSSR count). The van der Waals surface area contributed by atoms with E-state index in [0.717, 1.165) is 12.0 Å². The number of nitrogens with two attached hydrogens (primary N) is 1. The molecule has 2 aliphatic rings. The van der Waals surface area contributed by atoms with Crippen molar-refractivity contribution < 1.29 is 14.4 Å². The first-order valence-electron chi connectivity index (χ1n) is 9.95. The Bertz CT molecular complexity index is 979. The number of hydrogen-bond donors (Lipinski definition) is 1. The highest BCUT2D eigenvalue weighted by Gasteiger charge is 2.38. The van der Waals surface area contributed by atoms with Crippen LogP contribution in [-0.4, -0.2) is 53.7 Å². The second-order valence-electron chi connectivity index (χ2n) is 8.25. The van der Waals surface area contributed by atoms with Crippen LogP contribution in [-0.2, 0) is 6.42 Å². The van der Waals surface area contributed by atoms with Gasteiger partial charge in [0, 0.05) is 25.2 Å². The third kappa shape index (κ3) is 3.98. The predicted molar refractivity (Wildman–Crippen MR) is 117 cm³/mol. The Labute approximate surface area is 182 Å². The number of carbonyl (C=O) groups is 3. The van der Waals surface area contributed by atoms with Gasteiger partial charge in [-0.05, 0) is 48.6 Å². The fourth-order valence-electron chi connectivity index (χ4n) is 4.06. The summed E-state index contributed by atoms with van der Waals surface area (Å²) in [7, 11) is 0. The zero-order chi connectivity index (χ0) is 20.6. The lowest BCUT2D eigenvalue weighted by atomic mass is 9.90. The maximum atomic E-state index is 12.9. The molecule has 2 aromatic carbocycles. The number of fused-ring (bicyclic) bond motifs is 1. The summed E-state index contributed by atoms with van der Waals surface area (Å²) in [6.45, 7) is 4.19. The van der Waals surface area contributed by atoms with Gasteiger partial charge in [0.2, 0.25) is 0 Å². The molecule has 2 aromatic rings. The molecule has 6 nitrogen and oxygen atoms in total. The first-order valence-corrected chi connectivity index (χ1v) is 9.95. The summed E-state index contributed by atoms with van der Waals surface area (Å²) in [5.74, 6) is -0.742. The van der Waals surface area contributed by atoms with Crippen LogP contribution in [0.3, 0.4) is 0 Å². The molecule has 1 atom stereocenters. The van der Waals surface area contributed by atoms with Gasteiger partial charge in [-0.2, -0.15) is 0 Å². The minimum atomic E-state index is -0.330. The van der Waals surface area contributed by atoms with Crippen LogP contribution in [0.1, 0.15) is 50.0 Å². The second kappa shape index (κ2) is 8.58. The summed E-state index contributed by atoms with van der Waals surface area (Å²) in [6.07, 6.45) is 1.47. The number of rotatable bonds is 5. The van der Waals surface area contributed by atoms with Crippen LogP contribution >= 0.6 is 12.4 Å². The molecule has 1 fully saturated rings. The Hall–Kier alpha value is -2.70. The van der Waals surface area contributed by atoms with Crippen molar-refractivity contribution in [2.75, 3.05) is 26.2 Å². The van der Waals surface area contributed by atoms with E-state index in [9.17, 15) is 14.4 Å². The molecule has 0 radical (unpaired) electrons. The van der Waals surface area contributed by atoms with Crippen LogP contribution in [0.4, 0.5) is 0 Å². The van der Waals surface area contributed by atoms with Gasteiger partial charge in [0.05, 0.1) is 11.1 Å². The van der Waals surface area contributed by atoms with E-state index in [-0.39, 0.29) is 35.5 Å². The van der Waals surface area contributed by atoms with Gasteiger partial charge in [-0.1, -0.05) is 37.3 Å². The van der Waals surface area contributed by atoms with Crippen molar-refractivity contribution in [3.05, 3.63) is 70.8 Å². The quantitative estimate of drug-likeness (QED) is 0.743. The molecule has 30 heavy (non-hydrogen) atoms. The minimum absolute atomic E-state index is 0. The fraction of sp³-hybridized carbons (Fsp3) is 0.348. The van der Waals surface area contributed by atoms with E-state index in [4.69, 9.17) is 5.73 Å². The van der Waals surface area contributed by atoms with Crippen molar-refractivity contribution >= 4 is 30.1 Å². The molecule has 2 aliphatic heterocycles. The summed E-state index contributed by atoms with van der Waals surface area (Å²) < 4.78 is 0. The lowest BCUT2D eigenvalue weighted by Crippen LogP contribution is -2.34. The standard InChI is InChI=1S/C23H25N3O3.ClH/c1-23(14-24)10-12-25(15-23)20(27)17-7-8-18-19(13-17)22(29)26(21(18)28)11-9-16-5-3-2-4-6-16;/h2-8,13H,9-12,14-15,24H2,1H3;1H. The zero-order valence-corrected chi connectivity index (χ0v) is 17.8. The third-order valence-corrected chi connectivity index (χ3v) is 6.02. The maximum absolute atomic E-state index is 12.9. The van der Waals surface area contributed by atoms with Crippen LogP contribution in [0.25, 0.3) is 0 Å². The molecular formula is C23H26ClN3O3. The van der Waals surface area contributed by atoms with Gasteiger partial charge in [-0.3, -0.25) is 19.3 Å². The summed E-state index contributed by atoms with van der Waals surface area (Å²) in [4.78, 5) is 41.5. The number of nitrogens with zero attached hydrogens (tertiary/aromatic N) is 2. The van der Waals surface area contributed by atoms with E-state index in [1.165, 1.54) is 4.90 Å². The van der Waals surface area contributed by atoms with Crippen LogP contribution in [0.15, 0.2) is 48.5 Å². The van der Waals surface area contributed by atoms with Gasteiger partial charge in [-0.25, -0.2) is 0 Å². The van der Waals surface area contributed by atoms with Gasteiger partial charge < -0.3 is 10.6 Å². The SMILES string of the molecule is CC1(CN)CCN(C(=O)c2ccc3c(c2)C(=O)N(CCc2ccccc2)C3=O)C1.Cl.